The van der Waals surface area contributed by atoms with Gasteiger partial charge in [0.25, 0.3) is 0 Å². The maximum absolute atomic E-state index is 5.90. The predicted molar refractivity (Wildman–Crippen MR) is 51.7 cm³/mol. The van der Waals surface area contributed by atoms with E-state index >= 15 is 0 Å². The third kappa shape index (κ3) is 2.66. The lowest BCUT2D eigenvalue weighted by molar-refractivity contribution is -0.911. The molecule has 0 bridgehead atoms. The summed E-state index contributed by atoms with van der Waals surface area (Å²) in [6.45, 7) is 5.64. The van der Waals surface area contributed by atoms with Gasteiger partial charge in [0, 0.05) is 12.0 Å². The van der Waals surface area contributed by atoms with E-state index < -0.39 is 0 Å². The van der Waals surface area contributed by atoms with Gasteiger partial charge in [-0.2, -0.15) is 0 Å². The molecule has 2 aliphatic rings. The molecule has 1 saturated carbocycles. The van der Waals surface area contributed by atoms with Crippen LogP contribution in [-0.2, 0) is 4.74 Å². The molecular formula is C10H21N2O+. The van der Waals surface area contributed by atoms with Crippen molar-refractivity contribution in [3.63, 3.8) is 0 Å². The van der Waals surface area contributed by atoms with Crippen molar-refractivity contribution in [2.75, 3.05) is 32.8 Å². The highest BCUT2D eigenvalue weighted by Gasteiger charge is 2.26. The van der Waals surface area contributed by atoms with Crippen molar-refractivity contribution < 1.29 is 9.64 Å². The van der Waals surface area contributed by atoms with Crippen molar-refractivity contribution in [2.45, 2.75) is 25.3 Å². The topological polar surface area (TPSA) is 39.7 Å². The summed E-state index contributed by atoms with van der Waals surface area (Å²) in [6, 6.07) is 0.491. The summed E-state index contributed by atoms with van der Waals surface area (Å²) < 4.78 is 5.34. The number of rotatable bonds is 2. The van der Waals surface area contributed by atoms with Gasteiger partial charge >= 0.3 is 0 Å². The summed E-state index contributed by atoms with van der Waals surface area (Å²) in [5, 5.41) is 0. The number of morpholine rings is 1. The fraction of sp³-hybridized carbons (Fsp3) is 1.00. The third-order valence-electron chi connectivity index (χ3n) is 3.36. The van der Waals surface area contributed by atoms with E-state index in [-0.39, 0.29) is 0 Å². The second-order valence-corrected chi connectivity index (χ2v) is 4.51. The Balaban J connectivity index is 1.71. The molecule has 0 spiro atoms. The van der Waals surface area contributed by atoms with Crippen molar-refractivity contribution in [3.05, 3.63) is 0 Å². The molecule has 1 aliphatic heterocycles. The summed E-state index contributed by atoms with van der Waals surface area (Å²) in [5.74, 6) is 0.892. The van der Waals surface area contributed by atoms with Crippen LogP contribution < -0.4 is 10.6 Å². The monoisotopic (exact) mass is 185 g/mol. The van der Waals surface area contributed by atoms with Crippen LogP contribution in [0.4, 0.5) is 0 Å². The molecule has 76 valence electrons. The Morgan fingerprint density at radius 3 is 2.62 bits per heavy atom. The molecule has 2 fully saturated rings. The van der Waals surface area contributed by atoms with Crippen LogP contribution in [-0.4, -0.2) is 38.9 Å². The van der Waals surface area contributed by atoms with E-state index in [0.29, 0.717) is 6.04 Å². The number of nitrogens with one attached hydrogen (secondary N) is 1. The first-order chi connectivity index (χ1) is 6.34. The fourth-order valence-corrected chi connectivity index (χ4v) is 2.57. The second-order valence-electron chi connectivity index (χ2n) is 4.51. The van der Waals surface area contributed by atoms with Crippen molar-refractivity contribution in [1.82, 2.24) is 0 Å². The first kappa shape index (κ1) is 9.44. The highest BCUT2D eigenvalue weighted by atomic mass is 16.5. The number of hydrogen-bond acceptors (Lipinski definition) is 2. The van der Waals surface area contributed by atoms with E-state index in [9.17, 15) is 0 Å². The van der Waals surface area contributed by atoms with Gasteiger partial charge in [-0.15, -0.1) is 0 Å². The van der Waals surface area contributed by atoms with E-state index in [1.807, 2.05) is 0 Å². The van der Waals surface area contributed by atoms with Gasteiger partial charge in [-0.05, 0) is 19.3 Å². The normalized spacial score (nSPS) is 36.7. The third-order valence-corrected chi connectivity index (χ3v) is 3.36. The first-order valence-corrected chi connectivity index (χ1v) is 5.51. The molecular weight excluding hydrogens is 164 g/mol. The zero-order chi connectivity index (χ0) is 9.10. The summed E-state index contributed by atoms with van der Waals surface area (Å²) in [4.78, 5) is 1.73. The number of nitrogens with two attached hydrogens (primary N) is 1. The Morgan fingerprint density at radius 2 is 2.00 bits per heavy atom. The minimum atomic E-state index is 0.491. The number of ether oxygens (including phenoxy) is 1. The zero-order valence-electron chi connectivity index (χ0n) is 8.30. The molecule has 2 rings (SSSR count). The van der Waals surface area contributed by atoms with Gasteiger partial charge in [0.1, 0.15) is 13.1 Å². The summed E-state index contributed by atoms with van der Waals surface area (Å²) in [7, 11) is 0. The summed E-state index contributed by atoms with van der Waals surface area (Å²) >= 11 is 0. The quantitative estimate of drug-likeness (QED) is 0.581. The first-order valence-electron chi connectivity index (χ1n) is 5.51. The van der Waals surface area contributed by atoms with E-state index in [4.69, 9.17) is 10.5 Å². The molecule has 1 aliphatic carbocycles. The fourth-order valence-electron chi connectivity index (χ4n) is 2.57. The molecule has 0 aromatic carbocycles. The van der Waals surface area contributed by atoms with Gasteiger partial charge in [0.15, 0.2) is 0 Å². The molecule has 0 aromatic heterocycles. The Hall–Kier alpha value is -0.120. The number of quaternary nitrogens is 1. The Bertz CT molecular complexity index is 154. The van der Waals surface area contributed by atoms with Crippen LogP contribution in [0.3, 0.4) is 0 Å². The Labute approximate surface area is 80.2 Å². The zero-order valence-corrected chi connectivity index (χ0v) is 8.30. The average molecular weight is 185 g/mol. The molecule has 3 nitrogen and oxygen atoms in total. The highest BCUT2D eigenvalue weighted by molar-refractivity contribution is 4.77. The maximum Gasteiger partial charge on any atom is 0.101 e. The van der Waals surface area contributed by atoms with Crippen LogP contribution in [0.25, 0.3) is 0 Å². The predicted octanol–water partition coefficient (Wildman–Crippen LogP) is -0.971. The minimum Gasteiger partial charge on any atom is -0.370 e. The van der Waals surface area contributed by atoms with Gasteiger partial charge in [-0.3, -0.25) is 0 Å². The molecule has 0 radical (unpaired) electrons. The SMILES string of the molecule is NC1CCC(C[NH+]2CCOCC2)C1. The molecule has 0 amide bonds. The molecule has 2 unspecified atom stereocenters. The van der Waals surface area contributed by atoms with E-state index in [1.54, 1.807) is 4.90 Å². The minimum absolute atomic E-state index is 0.491. The van der Waals surface area contributed by atoms with Crippen LogP contribution in [0.15, 0.2) is 0 Å². The van der Waals surface area contributed by atoms with Gasteiger partial charge in [-0.25, -0.2) is 0 Å². The Kier molecular flexibility index (Phi) is 3.19. The second kappa shape index (κ2) is 4.40. The lowest BCUT2D eigenvalue weighted by atomic mass is 10.1. The highest BCUT2D eigenvalue weighted by Crippen LogP contribution is 2.22. The van der Waals surface area contributed by atoms with Crippen molar-refractivity contribution in [1.29, 1.82) is 0 Å². The van der Waals surface area contributed by atoms with Crippen molar-refractivity contribution >= 4 is 0 Å². The van der Waals surface area contributed by atoms with Gasteiger partial charge in [0.2, 0.25) is 0 Å². The number of hydrogen-bond donors (Lipinski definition) is 2. The summed E-state index contributed by atoms with van der Waals surface area (Å²) in [5.41, 5.74) is 5.90. The van der Waals surface area contributed by atoms with E-state index in [2.05, 4.69) is 0 Å². The molecule has 0 aromatic rings. The van der Waals surface area contributed by atoms with Crippen molar-refractivity contribution in [2.24, 2.45) is 11.7 Å². The molecule has 2 atom stereocenters. The van der Waals surface area contributed by atoms with Crippen LogP contribution in [0, 0.1) is 5.92 Å². The van der Waals surface area contributed by atoms with Crippen LogP contribution in [0.2, 0.25) is 0 Å². The largest absolute Gasteiger partial charge is 0.370 e. The molecule has 13 heavy (non-hydrogen) atoms. The average Bonchev–Trinajstić information content (AvgIpc) is 2.53. The van der Waals surface area contributed by atoms with Crippen LogP contribution >= 0.6 is 0 Å². The van der Waals surface area contributed by atoms with Gasteiger partial charge < -0.3 is 15.4 Å². The smallest absolute Gasteiger partial charge is 0.101 e. The molecule has 1 heterocycles. The lowest BCUT2D eigenvalue weighted by Gasteiger charge is -2.26. The maximum atomic E-state index is 5.90. The molecule has 3 N–H and O–H groups in total. The van der Waals surface area contributed by atoms with Crippen molar-refractivity contribution in [3.8, 4) is 0 Å². The molecule has 3 heteroatoms. The Morgan fingerprint density at radius 1 is 1.23 bits per heavy atom. The van der Waals surface area contributed by atoms with E-state index in [0.717, 1.165) is 19.1 Å². The van der Waals surface area contributed by atoms with E-state index in [1.165, 1.54) is 38.9 Å². The van der Waals surface area contributed by atoms with Gasteiger partial charge in [0.05, 0.1) is 19.8 Å². The molecule has 1 saturated heterocycles. The van der Waals surface area contributed by atoms with Gasteiger partial charge in [-0.1, -0.05) is 0 Å². The van der Waals surface area contributed by atoms with Crippen LogP contribution in [0.1, 0.15) is 19.3 Å². The van der Waals surface area contributed by atoms with Crippen LogP contribution in [0.5, 0.6) is 0 Å². The standard InChI is InChI=1S/C10H20N2O/c11-10-2-1-9(7-10)8-12-3-5-13-6-4-12/h9-10H,1-8,11H2/p+1. The summed E-state index contributed by atoms with van der Waals surface area (Å²) in [6.07, 6.45) is 3.85. The lowest BCUT2D eigenvalue weighted by Crippen LogP contribution is -3.14.